The molecule has 1 heterocycles. The van der Waals surface area contributed by atoms with Crippen molar-refractivity contribution in [1.82, 2.24) is 5.32 Å². The highest BCUT2D eigenvalue weighted by atomic mass is 35.5. The van der Waals surface area contributed by atoms with Crippen LogP contribution in [-0.4, -0.2) is 24.7 Å². The Morgan fingerprint density at radius 2 is 2.21 bits per heavy atom. The average Bonchev–Trinajstić information content (AvgIpc) is 2.81. The van der Waals surface area contributed by atoms with Gasteiger partial charge in [0.25, 0.3) is 0 Å². The van der Waals surface area contributed by atoms with E-state index in [0.29, 0.717) is 23.1 Å². The van der Waals surface area contributed by atoms with Gasteiger partial charge in [0.05, 0.1) is 22.7 Å². The van der Waals surface area contributed by atoms with Crippen molar-refractivity contribution < 1.29 is 9.53 Å². The van der Waals surface area contributed by atoms with Crippen LogP contribution in [0.15, 0.2) is 18.2 Å². The summed E-state index contributed by atoms with van der Waals surface area (Å²) in [5, 5.41) is 3.83. The SMILES string of the molecule is CC(NC(=O)C1(N)CCOC1)c1ccc(Cl)c(Cl)c1. The third kappa shape index (κ3) is 3.20. The van der Waals surface area contributed by atoms with Gasteiger partial charge in [0, 0.05) is 6.61 Å². The fourth-order valence-electron chi connectivity index (χ4n) is 1.97. The van der Waals surface area contributed by atoms with Crippen LogP contribution in [0.3, 0.4) is 0 Å². The number of nitrogens with two attached hydrogens (primary N) is 1. The Kier molecular flexibility index (Phi) is 4.36. The molecular formula is C13H16Cl2N2O2. The molecule has 1 aliphatic rings. The third-order valence-electron chi connectivity index (χ3n) is 3.30. The molecule has 1 aromatic carbocycles. The lowest BCUT2D eigenvalue weighted by atomic mass is 9.98. The van der Waals surface area contributed by atoms with Crippen LogP contribution in [-0.2, 0) is 9.53 Å². The van der Waals surface area contributed by atoms with Crippen LogP contribution < -0.4 is 11.1 Å². The van der Waals surface area contributed by atoms with Crippen LogP contribution in [0.5, 0.6) is 0 Å². The fraction of sp³-hybridized carbons (Fsp3) is 0.462. The van der Waals surface area contributed by atoms with Crippen molar-refractivity contribution in [3.63, 3.8) is 0 Å². The van der Waals surface area contributed by atoms with Crippen molar-refractivity contribution in [3.8, 4) is 0 Å². The third-order valence-corrected chi connectivity index (χ3v) is 4.03. The normalized spacial score (nSPS) is 24.2. The molecule has 0 aliphatic carbocycles. The number of nitrogens with one attached hydrogen (secondary N) is 1. The number of ether oxygens (including phenoxy) is 1. The maximum atomic E-state index is 12.1. The van der Waals surface area contributed by atoms with Gasteiger partial charge in [0.2, 0.25) is 5.91 Å². The predicted octanol–water partition coefficient (Wildman–Crippen LogP) is 2.29. The number of hydrogen-bond donors (Lipinski definition) is 2. The number of carbonyl (C=O) groups excluding carboxylic acids is 1. The van der Waals surface area contributed by atoms with Gasteiger partial charge in [-0.1, -0.05) is 29.3 Å². The van der Waals surface area contributed by atoms with Crippen molar-refractivity contribution in [3.05, 3.63) is 33.8 Å². The van der Waals surface area contributed by atoms with Crippen molar-refractivity contribution in [2.75, 3.05) is 13.2 Å². The van der Waals surface area contributed by atoms with Gasteiger partial charge in [-0.25, -0.2) is 0 Å². The van der Waals surface area contributed by atoms with E-state index < -0.39 is 5.54 Å². The first-order chi connectivity index (χ1) is 8.92. The van der Waals surface area contributed by atoms with E-state index in [2.05, 4.69) is 5.32 Å². The van der Waals surface area contributed by atoms with Gasteiger partial charge in [0.15, 0.2) is 0 Å². The highest BCUT2D eigenvalue weighted by Gasteiger charge is 2.38. The number of benzene rings is 1. The monoisotopic (exact) mass is 302 g/mol. The summed E-state index contributed by atoms with van der Waals surface area (Å²) in [6.07, 6.45) is 0.535. The first-order valence-electron chi connectivity index (χ1n) is 6.05. The summed E-state index contributed by atoms with van der Waals surface area (Å²) < 4.78 is 5.18. The maximum Gasteiger partial charge on any atom is 0.243 e. The molecule has 2 unspecified atom stereocenters. The predicted molar refractivity (Wildman–Crippen MR) is 75.4 cm³/mol. The van der Waals surface area contributed by atoms with E-state index in [0.717, 1.165) is 5.56 Å². The zero-order valence-electron chi connectivity index (χ0n) is 10.6. The zero-order valence-corrected chi connectivity index (χ0v) is 12.1. The molecule has 1 aliphatic heterocycles. The van der Waals surface area contributed by atoms with E-state index in [-0.39, 0.29) is 18.6 Å². The van der Waals surface area contributed by atoms with E-state index in [4.69, 9.17) is 33.7 Å². The highest BCUT2D eigenvalue weighted by molar-refractivity contribution is 6.42. The summed E-state index contributed by atoms with van der Waals surface area (Å²) in [5.41, 5.74) is 5.95. The van der Waals surface area contributed by atoms with E-state index in [9.17, 15) is 4.79 Å². The van der Waals surface area contributed by atoms with Gasteiger partial charge in [-0.2, -0.15) is 0 Å². The second-order valence-electron chi connectivity index (χ2n) is 4.83. The number of halogens is 2. The molecule has 1 saturated heterocycles. The van der Waals surface area contributed by atoms with Crippen LogP contribution in [0, 0.1) is 0 Å². The Balaban J connectivity index is 2.06. The lowest BCUT2D eigenvalue weighted by Gasteiger charge is -2.24. The minimum absolute atomic E-state index is 0.191. The molecule has 6 heteroatoms. The zero-order chi connectivity index (χ0) is 14.0. The van der Waals surface area contributed by atoms with Crippen LogP contribution >= 0.6 is 23.2 Å². The van der Waals surface area contributed by atoms with Crippen LogP contribution in [0.1, 0.15) is 24.9 Å². The van der Waals surface area contributed by atoms with Gasteiger partial charge in [-0.15, -0.1) is 0 Å². The Labute approximate surface area is 122 Å². The van der Waals surface area contributed by atoms with Gasteiger partial charge >= 0.3 is 0 Å². The molecule has 1 fully saturated rings. The lowest BCUT2D eigenvalue weighted by Crippen LogP contribution is -2.54. The second kappa shape index (κ2) is 5.67. The number of amides is 1. The molecule has 1 aromatic rings. The quantitative estimate of drug-likeness (QED) is 0.900. The Bertz CT molecular complexity index is 488. The van der Waals surface area contributed by atoms with Crippen molar-refractivity contribution in [2.24, 2.45) is 5.73 Å². The molecule has 104 valence electrons. The molecule has 0 spiro atoms. The van der Waals surface area contributed by atoms with Crippen LogP contribution in [0.2, 0.25) is 10.0 Å². The molecule has 0 bridgehead atoms. The summed E-state index contributed by atoms with van der Waals surface area (Å²) in [6, 6.07) is 5.08. The molecule has 4 nitrogen and oxygen atoms in total. The molecule has 2 rings (SSSR count). The Morgan fingerprint density at radius 1 is 1.47 bits per heavy atom. The molecule has 0 aromatic heterocycles. The summed E-state index contributed by atoms with van der Waals surface area (Å²) in [7, 11) is 0. The molecule has 3 N–H and O–H groups in total. The first kappa shape index (κ1) is 14.6. The molecule has 0 radical (unpaired) electrons. The van der Waals surface area contributed by atoms with E-state index >= 15 is 0 Å². The summed E-state index contributed by atoms with van der Waals surface area (Å²) in [6.45, 7) is 2.65. The standard InChI is InChI=1S/C13H16Cl2N2O2/c1-8(9-2-3-10(14)11(15)6-9)17-12(18)13(16)4-5-19-7-13/h2-3,6,8H,4-5,7,16H2,1H3,(H,17,18). The van der Waals surface area contributed by atoms with Gasteiger partial charge in [-0.05, 0) is 31.0 Å². The second-order valence-corrected chi connectivity index (χ2v) is 5.64. The molecule has 19 heavy (non-hydrogen) atoms. The van der Waals surface area contributed by atoms with Gasteiger partial charge < -0.3 is 15.8 Å². The Hall–Kier alpha value is -0.810. The molecule has 2 atom stereocenters. The van der Waals surface area contributed by atoms with E-state index in [1.807, 2.05) is 13.0 Å². The van der Waals surface area contributed by atoms with Gasteiger partial charge in [-0.3, -0.25) is 4.79 Å². The molecule has 0 saturated carbocycles. The minimum atomic E-state index is -0.926. The summed E-state index contributed by atoms with van der Waals surface area (Å²) >= 11 is 11.8. The van der Waals surface area contributed by atoms with Gasteiger partial charge in [0.1, 0.15) is 5.54 Å². The van der Waals surface area contributed by atoms with Crippen molar-refractivity contribution >= 4 is 29.1 Å². The minimum Gasteiger partial charge on any atom is -0.379 e. The number of hydrogen-bond acceptors (Lipinski definition) is 3. The highest BCUT2D eigenvalue weighted by Crippen LogP contribution is 2.26. The average molecular weight is 303 g/mol. The van der Waals surface area contributed by atoms with Crippen molar-refractivity contribution in [2.45, 2.75) is 24.9 Å². The van der Waals surface area contributed by atoms with E-state index in [1.54, 1.807) is 12.1 Å². The molecular weight excluding hydrogens is 287 g/mol. The van der Waals surface area contributed by atoms with Crippen LogP contribution in [0.25, 0.3) is 0 Å². The maximum absolute atomic E-state index is 12.1. The van der Waals surface area contributed by atoms with Crippen LogP contribution in [0.4, 0.5) is 0 Å². The fourth-order valence-corrected chi connectivity index (χ4v) is 2.27. The van der Waals surface area contributed by atoms with Crippen molar-refractivity contribution in [1.29, 1.82) is 0 Å². The summed E-state index contributed by atoms with van der Waals surface area (Å²) in [4.78, 5) is 12.1. The topological polar surface area (TPSA) is 64.4 Å². The lowest BCUT2D eigenvalue weighted by molar-refractivity contribution is -0.127. The van der Waals surface area contributed by atoms with E-state index in [1.165, 1.54) is 0 Å². The smallest absolute Gasteiger partial charge is 0.243 e. The Morgan fingerprint density at radius 3 is 2.79 bits per heavy atom. The molecule has 1 amide bonds. The summed E-state index contributed by atoms with van der Waals surface area (Å²) in [5.74, 6) is -0.205. The largest absolute Gasteiger partial charge is 0.379 e. The first-order valence-corrected chi connectivity index (χ1v) is 6.80. The number of rotatable bonds is 3. The number of carbonyl (C=O) groups is 1.